The molecule has 6 nitrogen and oxygen atoms in total. The number of halogens is 2. The van der Waals surface area contributed by atoms with Crippen LogP contribution in [0.2, 0.25) is 10.0 Å². The van der Waals surface area contributed by atoms with Gasteiger partial charge in [0.15, 0.2) is 0 Å². The van der Waals surface area contributed by atoms with Gasteiger partial charge in [-0.05, 0) is 24.5 Å². The van der Waals surface area contributed by atoms with E-state index in [1.165, 1.54) is 0 Å². The minimum Gasteiger partial charge on any atom is -0.344 e. The molecule has 3 aromatic heterocycles. The molecule has 3 aromatic rings. The third kappa shape index (κ3) is 3.05. The number of hydrogen-bond acceptors (Lipinski definition) is 4. The highest BCUT2D eigenvalue weighted by Crippen LogP contribution is 2.37. The van der Waals surface area contributed by atoms with Gasteiger partial charge in [0.25, 0.3) is 5.56 Å². The smallest absolute Gasteiger partial charge is 0.261 e. The van der Waals surface area contributed by atoms with Gasteiger partial charge in [-0.2, -0.15) is 0 Å². The van der Waals surface area contributed by atoms with E-state index >= 15 is 0 Å². The Morgan fingerprint density at radius 3 is 2.71 bits per heavy atom. The Kier molecular flexibility index (Phi) is 4.50. The zero-order chi connectivity index (χ0) is 19.3. The van der Waals surface area contributed by atoms with E-state index in [4.69, 9.17) is 23.2 Å². The molecule has 2 bridgehead atoms. The van der Waals surface area contributed by atoms with Crippen LogP contribution in [0.1, 0.15) is 23.6 Å². The molecule has 0 spiro atoms. The number of nitrogens with one attached hydrogen (secondary N) is 1. The van der Waals surface area contributed by atoms with E-state index in [9.17, 15) is 4.79 Å². The van der Waals surface area contributed by atoms with Crippen LogP contribution in [0.15, 0.2) is 41.7 Å². The normalized spacial score (nSPS) is 21.5. The van der Waals surface area contributed by atoms with E-state index < -0.39 is 0 Å². The van der Waals surface area contributed by atoms with E-state index in [-0.39, 0.29) is 5.56 Å². The van der Waals surface area contributed by atoms with E-state index in [1.807, 2.05) is 10.6 Å². The fraction of sp³-hybridized carbons (Fsp3) is 0.350. The Hall–Kier alpha value is -2.15. The number of rotatable bonds is 3. The second-order valence-electron chi connectivity index (χ2n) is 7.60. The van der Waals surface area contributed by atoms with Gasteiger partial charge in [0.2, 0.25) is 0 Å². The van der Waals surface area contributed by atoms with E-state index in [1.54, 1.807) is 24.8 Å². The average molecular weight is 416 g/mol. The molecule has 0 amide bonds. The third-order valence-corrected chi connectivity index (χ3v) is 6.42. The van der Waals surface area contributed by atoms with Crippen molar-refractivity contribution in [2.24, 2.45) is 5.92 Å². The molecule has 8 heteroatoms. The number of hydrogen-bond donors (Lipinski definition) is 1. The van der Waals surface area contributed by atoms with Crippen molar-refractivity contribution < 1.29 is 0 Å². The number of likely N-dealkylation sites (tertiary alicyclic amines) is 1. The maximum atomic E-state index is 13.1. The summed E-state index contributed by atoms with van der Waals surface area (Å²) in [7, 11) is 0. The van der Waals surface area contributed by atoms with Crippen molar-refractivity contribution in [1.29, 1.82) is 0 Å². The molecule has 144 valence electrons. The number of piperidine rings is 1. The zero-order valence-corrected chi connectivity index (χ0v) is 16.6. The topological polar surface area (TPSA) is 66.8 Å². The number of nitrogens with zero attached hydrogens (tertiary/aromatic N) is 4. The maximum Gasteiger partial charge on any atom is 0.261 e. The van der Waals surface area contributed by atoms with Crippen LogP contribution in [0.4, 0.5) is 0 Å². The minimum absolute atomic E-state index is 0.0378. The lowest BCUT2D eigenvalue weighted by molar-refractivity contribution is 0.114. The molecular weight excluding hydrogens is 397 g/mol. The van der Waals surface area contributed by atoms with Crippen molar-refractivity contribution in [3.05, 3.63) is 68.6 Å². The molecule has 5 rings (SSSR count). The Bertz CT molecular complexity index is 1060. The fourth-order valence-electron chi connectivity index (χ4n) is 4.58. The molecule has 0 aliphatic carbocycles. The van der Waals surface area contributed by atoms with Crippen LogP contribution in [0.25, 0.3) is 11.4 Å². The van der Waals surface area contributed by atoms with Crippen molar-refractivity contribution in [2.75, 3.05) is 13.1 Å². The van der Waals surface area contributed by atoms with Crippen molar-refractivity contribution in [2.45, 2.75) is 25.4 Å². The zero-order valence-electron chi connectivity index (χ0n) is 15.1. The van der Waals surface area contributed by atoms with Gasteiger partial charge >= 0.3 is 0 Å². The van der Waals surface area contributed by atoms with Gasteiger partial charge < -0.3 is 9.55 Å². The molecule has 5 heterocycles. The lowest BCUT2D eigenvalue weighted by atomic mass is 9.83. The van der Waals surface area contributed by atoms with Gasteiger partial charge in [0, 0.05) is 68.1 Å². The summed E-state index contributed by atoms with van der Waals surface area (Å²) < 4.78 is 1.94. The summed E-state index contributed by atoms with van der Waals surface area (Å²) in [5, 5.41) is 1.20. The van der Waals surface area contributed by atoms with Crippen molar-refractivity contribution in [1.82, 2.24) is 24.4 Å². The van der Waals surface area contributed by atoms with E-state index in [2.05, 4.69) is 25.9 Å². The lowest BCUT2D eigenvalue weighted by Gasteiger charge is -2.43. The number of imidazole rings is 1. The van der Waals surface area contributed by atoms with Crippen LogP contribution in [0.3, 0.4) is 0 Å². The van der Waals surface area contributed by atoms with E-state index in [0.29, 0.717) is 39.8 Å². The lowest BCUT2D eigenvalue weighted by Crippen LogP contribution is -2.47. The largest absolute Gasteiger partial charge is 0.344 e. The van der Waals surface area contributed by atoms with Crippen molar-refractivity contribution in [3.8, 4) is 11.4 Å². The third-order valence-electron chi connectivity index (χ3n) is 5.77. The van der Waals surface area contributed by atoms with Crippen LogP contribution in [-0.4, -0.2) is 37.5 Å². The van der Waals surface area contributed by atoms with Crippen LogP contribution in [0.5, 0.6) is 0 Å². The number of fused-ring (bicyclic) bond motifs is 4. The summed E-state index contributed by atoms with van der Waals surface area (Å²) in [6.07, 6.45) is 7.78. The van der Waals surface area contributed by atoms with E-state index in [0.717, 1.165) is 37.3 Å². The second-order valence-corrected chi connectivity index (χ2v) is 8.41. The molecule has 0 saturated carbocycles. The van der Waals surface area contributed by atoms with Gasteiger partial charge in [0.05, 0.1) is 15.6 Å². The Morgan fingerprint density at radius 1 is 1.14 bits per heavy atom. The molecule has 2 aliphatic heterocycles. The molecule has 2 aliphatic rings. The highest BCUT2D eigenvalue weighted by molar-refractivity contribution is 6.35. The summed E-state index contributed by atoms with van der Waals surface area (Å²) in [4.78, 5) is 26.7. The molecule has 0 unspecified atom stereocenters. The van der Waals surface area contributed by atoms with Gasteiger partial charge in [-0.15, -0.1) is 0 Å². The first-order chi connectivity index (χ1) is 13.6. The SMILES string of the molecule is O=c1c(-c2ncc[nH]2)ccc2n1C[C@H]1C[C@@H]2CN(Cc2c(Cl)cncc2Cl)C1. The van der Waals surface area contributed by atoms with Crippen LogP contribution >= 0.6 is 23.2 Å². The van der Waals surface area contributed by atoms with Crippen LogP contribution in [-0.2, 0) is 13.1 Å². The highest BCUT2D eigenvalue weighted by Gasteiger charge is 2.35. The monoisotopic (exact) mass is 415 g/mol. The summed E-state index contributed by atoms with van der Waals surface area (Å²) in [5.74, 6) is 1.38. The molecule has 2 atom stereocenters. The van der Waals surface area contributed by atoms with Gasteiger partial charge in [-0.1, -0.05) is 23.2 Å². The Morgan fingerprint density at radius 2 is 1.96 bits per heavy atom. The summed E-state index contributed by atoms with van der Waals surface area (Å²) in [6.45, 7) is 3.22. The van der Waals surface area contributed by atoms with Crippen LogP contribution in [0, 0.1) is 5.92 Å². The predicted molar refractivity (Wildman–Crippen MR) is 109 cm³/mol. The van der Waals surface area contributed by atoms with Crippen LogP contribution < -0.4 is 5.56 Å². The fourth-order valence-corrected chi connectivity index (χ4v) is 5.06. The number of aromatic nitrogens is 4. The van der Waals surface area contributed by atoms with Gasteiger partial charge in [0.1, 0.15) is 5.82 Å². The maximum absolute atomic E-state index is 13.1. The minimum atomic E-state index is 0.0378. The average Bonchev–Trinajstić information content (AvgIpc) is 3.20. The first-order valence-corrected chi connectivity index (χ1v) is 10.1. The number of pyridine rings is 2. The standard InChI is InChI=1S/C20H19Cl2N5O/c21-16-6-23-7-17(22)15(16)11-26-8-12-5-13(10-26)18-2-1-14(19-24-3-4-25-19)20(28)27(18)9-12/h1-4,6-7,12-13H,5,8-11H2,(H,24,25)/t12-,13+/m0/s1. The molecule has 0 radical (unpaired) electrons. The summed E-state index contributed by atoms with van der Waals surface area (Å²) >= 11 is 12.6. The Labute approximate surface area is 172 Å². The predicted octanol–water partition coefficient (Wildman–Crippen LogP) is 3.56. The summed E-state index contributed by atoms with van der Waals surface area (Å²) in [6, 6.07) is 3.97. The van der Waals surface area contributed by atoms with Crippen molar-refractivity contribution >= 4 is 23.2 Å². The first-order valence-electron chi connectivity index (χ1n) is 9.34. The number of aromatic amines is 1. The molecule has 1 fully saturated rings. The Balaban J connectivity index is 1.44. The van der Waals surface area contributed by atoms with Gasteiger partial charge in [-0.25, -0.2) is 4.98 Å². The first kappa shape index (κ1) is 17.9. The molecular formula is C20H19Cl2N5O. The molecule has 28 heavy (non-hydrogen) atoms. The quantitative estimate of drug-likeness (QED) is 0.709. The highest BCUT2D eigenvalue weighted by atomic mass is 35.5. The molecule has 1 saturated heterocycles. The molecule has 1 N–H and O–H groups in total. The molecule has 0 aromatic carbocycles. The van der Waals surface area contributed by atoms with Gasteiger partial charge in [-0.3, -0.25) is 14.7 Å². The number of H-pyrrole nitrogens is 1. The van der Waals surface area contributed by atoms with Crippen molar-refractivity contribution in [3.63, 3.8) is 0 Å². The second kappa shape index (κ2) is 7.03. The summed E-state index contributed by atoms with van der Waals surface area (Å²) in [5.41, 5.74) is 2.69.